The Kier molecular flexibility index (Phi) is 5.50. The largest absolute Gasteiger partial charge is 0.481 e. The highest BCUT2D eigenvalue weighted by molar-refractivity contribution is 7.17. The maximum absolute atomic E-state index is 12.8. The predicted octanol–water partition coefficient (Wildman–Crippen LogP) is 3.44. The molecule has 0 unspecified atom stereocenters. The van der Waals surface area contributed by atoms with Crippen molar-refractivity contribution in [2.24, 2.45) is 0 Å². The van der Waals surface area contributed by atoms with Crippen molar-refractivity contribution < 1.29 is 14.7 Å². The molecule has 6 heteroatoms. The number of benzene rings is 1. The topological polar surface area (TPSA) is 70.5 Å². The third kappa shape index (κ3) is 4.16. The minimum Gasteiger partial charge on any atom is -0.481 e. The quantitative estimate of drug-likeness (QED) is 0.879. The molecule has 2 rings (SSSR count). The minimum absolute atomic E-state index is 0.0622. The monoisotopic (exact) mass is 332 g/mol. The number of amides is 1. The second kappa shape index (κ2) is 7.37. The summed E-state index contributed by atoms with van der Waals surface area (Å²) in [6.45, 7) is 5.78. The molecule has 23 heavy (non-hydrogen) atoms. The normalized spacial score (nSPS) is 10.8. The van der Waals surface area contributed by atoms with Gasteiger partial charge in [-0.1, -0.05) is 30.3 Å². The van der Waals surface area contributed by atoms with Crippen molar-refractivity contribution >= 4 is 23.2 Å². The number of hydrogen-bond acceptors (Lipinski definition) is 4. The smallest absolute Gasteiger partial charge is 0.305 e. The maximum atomic E-state index is 12.8. The van der Waals surface area contributed by atoms with Crippen LogP contribution in [-0.4, -0.2) is 39.5 Å². The van der Waals surface area contributed by atoms with E-state index in [0.29, 0.717) is 10.6 Å². The Labute approximate surface area is 139 Å². The second-order valence-electron chi connectivity index (χ2n) is 5.54. The molecule has 1 amide bonds. The van der Waals surface area contributed by atoms with Gasteiger partial charge in [0.15, 0.2) is 0 Å². The van der Waals surface area contributed by atoms with E-state index in [-0.39, 0.29) is 24.9 Å². The van der Waals surface area contributed by atoms with Gasteiger partial charge in [-0.15, -0.1) is 11.3 Å². The number of hydrogen-bond donors (Lipinski definition) is 1. The van der Waals surface area contributed by atoms with Crippen LogP contribution in [-0.2, 0) is 4.79 Å². The molecule has 1 heterocycles. The Hall–Kier alpha value is -2.21. The van der Waals surface area contributed by atoms with E-state index in [0.717, 1.165) is 10.6 Å². The molecule has 0 fully saturated rings. The Balaban J connectivity index is 2.27. The van der Waals surface area contributed by atoms with Gasteiger partial charge in [-0.3, -0.25) is 9.59 Å². The summed E-state index contributed by atoms with van der Waals surface area (Å²) in [7, 11) is 0. The summed E-state index contributed by atoms with van der Waals surface area (Å²) < 4.78 is 0. The lowest BCUT2D eigenvalue weighted by molar-refractivity contribution is -0.137. The molecule has 0 spiro atoms. The number of carboxylic acid groups (broad SMARTS) is 1. The highest BCUT2D eigenvalue weighted by Crippen LogP contribution is 2.29. The molecule has 1 aromatic carbocycles. The highest BCUT2D eigenvalue weighted by atomic mass is 32.1. The van der Waals surface area contributed by atoms with Gasteiger partial charge in [-0.05, 0) is 20.8 Å². The van der Waals surface area contributed by atoms with Crippen molar-refractivity contribution in [2.45, 2.75) is 33.2 Å². The average Bonchev–Trinajstić information content (AvgIpc) is 2.89. The van der Waals surface area contributed by atoms with Crippen LogP contribution in [0.4, 0.5) is 0 Å². The second-order valence-corrected chi connectivity index (χ2v) is 6.53. The lowest BCUT2D eigenvalue weighted by Crippen LogP contribution is -2.38. The number of carboxylic acids is 1. The van der Waals surface area contributed by atoms with Gasteiger partial charge in [0.05, 0.1) is 12.1 Å². The van der Waals surface area contributed by atoms with Crippen molar-refractivity contribution in [3.63, 3.8) is 0 Å². The summed E-state index contributed by atoms with van der Waals surface area (Å²) in [5.74, 6) is -1.06. The number of thiazole rings is 1. The predicted molar refractivity (Wildman–Crippen MR) is 90.7 cm³/mol. The van der Waals surface area contributed by atoms with Crippen LogP contribution >= 0.6 is 11.3 Å². The number of aryl methyl sites for hydroxylation is 1. The number of carbonyl (C=O) groups is 2. The molecule has 1 aromatic heterocycles. The molecular weight excluding hydrogens is 312 g/mol. The first-order valence-electron chi connectivity index (χ1n) is 7.45. The van der Waals surface area contributed by atoms with E-state index < -0.39 is 5.97 Å². The Morgan fingerprint density at radius 1 is 1.26 bits per heavy atom. The van der Waals surface area contributed by atoms with E-state index >= 15 is 0 Å². The van der Waals surface area contributed by atoms with Gasteiger partial charge in [-0.2, -0.15) is 0 Å². The van der Waals surface area contributed by atoms with Gasteiger partial charge in [0, 0.05) is 18.2 Å². The maximum Gasteiger partial charge on any atom is 0.305 e. The molecule has 0 aliphatic heterocycles. The van der Waals surface area contributed by atoms with Crippen molar-refractivity contribution in [1.82, 2.24) is 9.88 Å². The van der Waals surface area contributed by atoms with Gasteiger partial charge in [0.25, 0.3) is 5.91 Å². The number of aromatic nitrogens is 1. The van der Waals surface area contributed by atoms with Crippen molar-refractivity contribution in [1.29, 1.82) is 0 Å². The van der Waals surface area contributed by atoms with Crippen LogP contribution in [0.2, 0.25) is 0 Å². The van der Waals surface area contributed by atoms with Crippen LogP contribution in [0.15, 0.2) is 30.3 Å². The van der Waals surface area contributed by atoms with Crippen molar-refractivity contribution in [2.75, 3.05) is 6.54 Å². The zero-order valence-electron chi connectivity index (χ0n) is 13.4. The van der Waals surface area contributed by atoms with Gasteiger partial charge >= 0.3 is 5.97 Å². The molecule has 2 aromatic rings. The van der Waals surface area contributed by atoms with Crippen LogP contribution in [0.5, 0.6) is 0 Å². The standard InChI is InChI=1S/C17H20N2O3S/c1-11(2)19(10-9-14(20)21)17(22)15-12(3)18-16(23-15)13-7-5-4-6-8-13/h4-8,11H,9-10H2,1-3H3,(H,20,21). The van der Waals surface area contributed by atoms with Gasteiger partial charge < -0.3 is 10.0 Å². The Morgan fingerprint density at radius 2 is 1.91 bits per heavy atom. The van der Waals surface area contributed by atoms with E-state index in [1.807, 2.05) is 51.1 Å². The average molecular weight is 332 g/mol. The molecule has 5 nitrogen and oxygen atoms in total. The van der Waals surface area contributed by atoms with E-state index in [9.17, 15) is 9.59 Å². The fourth-order valence-corrected chi connectivity index (χ4v) is 3.27. The first kappa shape index (κ1) is 17.1. The molecule has 0 aliphatic rings. The summed E-state index contributed by atoms with van der Waals surface area (Å²) in [6, 6.07) is 9.64. The molecule has 0 atom stereocenters. The van der Waals surface area contributed by atoms with E-state index in [1.165, 1.54) is 11.3 Å². The lowest BCUT2D eigenvalue weighted by Gasteiger charge is -2.25. The summed E-state index contributed by atoms with van der Waals surface area (Å²) in [5, 5.41) is 9.66. The molecule has 0 aliphatic carbocycles. The summed E-state index contributed by atoms with van der Waals surface area (Å²) in [6.07, 6.45) is -0.0622. The lowest BCUT2D eigenvalue weighted by atomic mass is 10.2. The van der Waals surface area contributed by atoms with Crippen LogP contribution < -0.4 is 0 Å². The molecule has 1 N–H and O–H groups in total. The zero-order chi connectivity index (χ0) is 17.0. The molecule has 0 saturated carbocycles. The van der Waals surface area contributed by atoms with Crippen molar-refractivity contribution in [3.8, 4) is 10.6 Å². The first-order chi connectivity index (χ1) is 10.9. The van der Waals surface area contributed by atoms with Crippen LogP contribution in [0, 0.1) is 6.92 Å². The van der Waals surface area contributed by atoms with Gasteiger partial charge in [-0.25, -0.2) is 4.98 Å². The number of carbonyl (C=O) groups excluding carboxylic acids is 1. The number of nitrogens with zero attached hydrogens (tertiary/aromatic N) is 2. The van der Waals surface area contributed by atoms with E-state index in [4.69, 9.17) is 5.11 Å². The zero-order valence-corrected chi connectivity index (χ0v) is 14.3. The number of rotatable bonds is 6. The summed E-state index contributed by atoms with van der Waals surface area (Å²) in [5.41, 5.74) is 1.65. The van der Waals surface area contributed by atoms with E-state index in [1.54, 1.807) is 4.90 Å². The molecule has 0 radical (unpaired) electrons. The third-order valence-electron chi connectivity index (χ3n) is 3.46. The molecule has 0 bridgehead atoms. The fourth-order valence-electron chi connectivity index (χ4n) is 2.24. The number of aliphatic carboxylic acids is 1. The summed E-state index contributed by atoms with van der Waals surface area (Å²) >= 11 is 1.35. The third-order valence-corrected chi connectivity index (χ3v) is 4.66. The Bertz CT molecular complexity index is 695. The highest BCUT2D eigenvalue weighted by Gasteiger charge is 2.24. The first-order valence-corrected chi connectivity index (χ1v) is 8.27. The fraction of sp³-hybridized carbons (Fsp3) is 0.353. The van der Waals surface area contributed by atoms with Gasteiger partial charge in [0.1, 0.15) is 9.88 Å². The molecule has 0 saturated heterocycles. The van der Waals surface area contributed by atoms with Crippen LogP contribution in [0.1, 0.15) is 35.6 Å². The van der Waals surface area contributed by atoms with E-state index in [2.05, 4.69) is 4.98 Å². The van der Waals surface area contributed by atoms with Gasteiger partial charge in [0.2, 0.25) is 0 Å². The molecular formula is C17H20N2O3S. The summed E-state index contributed by atoms with van der Waals surface area (Å²) in [4.78, 5) is 30.2. The molecule has 122 valence electrons. The Morgan fingerprint density at radius 3 is 2.48 bits per heavy atom. The minimum atomic E-state index is -0.908. The van der Waals surface area contributed by atoms with Crippen LogP contribution in [0.3, 0.4) is 0 Å². The SMILES string of the molecule is Cc1nc(-c2ccccc2)sc1C(=O)N(CCC(=O)O)C(C)C. The van der Waals surface area contributed by atoms with Crippen LogP contribution in [0.25, 0.3) is 10.6 Å². The van der Waals surface area contributed by atoms with Crippen molar-refractivity contribution in [3.05, 3.63) is 40.9 Å².